The van der Waals surface area contributed by atoms with Crippen molar-refractivity contribution >= 4 is 11.9 Å². The van der Waals surface area contributed by atoms with Gasteiger partial charge >= 0.3 is 0 Å². The first kappa shape index (κ1) is 18.3. The summed E-state index contributed by atoms with van der Waals surface area (Å²) in [6.45, 7) is 4.55. The normalized spacial score (nSPS) is 17.1. The third-order valence-electron chi connectivity index (χ3n) is 4.49. The number of nitrogens with one attached hydrogen (secondary N) is 1. The molecule has 1 aromatic carbocycles. The van der Waals surface area contributed by atoms with Crippen LogP contribution in [-0.2, 0) is 11.2 Å². The van der Waals surface area contributed by atoms with Crippen molar-refractivity contribution < 1.29 is 9.53 Å². The summed E-state index contributed by atoms with van der Waals surface area (Å²) in [5, 5.41) is 3.03. The minimum Gasteiger partial charge on any atom is -0.375 e. The monoisotopic (exact) mass is 354 g/mol. The number of hydrogen-bond donors (Lipinski definition) is 1. The summed E-state index contributed by atoms with van der Waals surface area (Å²) in [5.41, 5.74) is 1.87. The van der Waals surface area contributed by atoms with Crippen LogP contribution in [0.3, 0.4) is 0 Å². The Bertz CT molecular complexity index is 691. The third-order valence-corrected chi connectivity index (χ3v) is 4.49. The van der Waals surface area contributed by atoms with Gasteiger partial charge < -0.3 is 15.0 Å². The summed E-state index contributed by atoms with van der Waals surface area (Å²) in [7, 11) is 0. The van der Waals surface area contributed by atoms with Crippen molar-refractivity contribution in [1.82, 2.24) is 14.9 Å². The molecule has 0 saturated carbocycles. The van der Waals surface area contributed by atoms with E-state index in [1.165, 1.54) is 5.56 Å². The Hall–Kier alpha value is -2.47. The van der Waals surface area contributed by atoms with Crippen LogP contribution in [0.1, 0.15) is 35.7 Å². The third kappa shape index (κ3) is 5.02. The lowest BCUT2D eigenvalue weighted by Crippen LogP contribution is -2.45. The Morgan fingerprint density at radius 3 is 2.77 bits per heavy atom. The molecule has 1 aliphatic rings. The lowest BCUT2D eigenvalue weighted by Gasteiger charge is -2.33. The molecule has 0 unspecified atom stereocenters. The predicted molar refractivity (Wildman–Crippen MR) is 101 cm³/mol. The van der Waals surface area contributed by atoms with Crippen molar-refractivity contribution in [3.8, 4) is 0 Å². The number of carbonyl (C=O) groups is 1. The summed E-state index contributed by atoms with van der Waals surface area (Å²) in [4.78, 5) is 22.9. The van der Waals surface area contributed by atoms with Gasteiger partial charge in [-0.25, -0.2) is 9.97 Å². The Morgan fingerprint density at radius 2 is 2.04 bits per heavy atom. The van der Waals surface area contributed by atoms with E-state index in [1.807, 2.05) is 17.9 Å². The molecule has 1 fully saturated rings. The number of carbonyl (C=O) groups excluding carboxylic acids is 1. The van der Waals surface area contributed by atoms with E-state index in [9.17, 15) is 4.79 Å². The summed E-state index contributed by atoms with van der Waals surface area (Å²) >= 11 is 0. The Morgan fingerprint density at radius 1 is 1.27 bits per heavy atom. The van der Waals surface area contributed by atoms with Gasteiger partial charge in [0.15, 0.2) is 0 Å². The van der Waals surface area contributed by atoms with Gasteiger partial charge in [-0.3, -0.25) is 4.79 Å². The molecule has 1 atom stereocenters. The molecule has 26 heavy (non-hydrogen) atoms. The molecular weight excluding hydrogens is 328 g/mol. The molecular formula is C20H26N4O2. The van der Waals surface area contributed by atoms with Gasteiger partial charge in [0.1, 0.15) is 0 Å². The maximum Gasteiger partial charge on any atom is 0.257 e. The van der Waals surface area contributed by atoms with E-state index in [0.29, 0.717) is 31.2 Å². The van der Waals surface area contributed by atoms with Crippen LogP contribution < -0.4 is 5.32 Å². The molecule has 1 N–H and O–H groups in total. The standard InChI is InChI=1S/C20H26N4O2/c1-2-21-20-22-13-17(14-23-20)19(25)24-11-12-26-18(15-24)10-6-9-16-7-4-3-5-8-16/h3-5,7-8,13-14,18H,2,6,9-12,15H2,1H3,(H,21,22,23)/t18-/m1/s1. The van der Waals surface area contributed by atoms with Crippen LogP contribution >= 0.6 is 0 Å². The highest BCUT2D eigenvalue weighted by atomic mass is 16.5. The summed E-state index contributed by atoms with van der Waals surface area (Å²) in [5.74, 6) is 0.522. The minimum absolute atomic E-state index is 0.0237. The molecule has 1 aliphatic heterocycles. The van der Waals surface area contributed by atoms with Gasteiger partial charge in [-0.2, -0.15) is 0 Å². The number of ether oxygens (including phenoxy) is 1. The van der Waals surface area contributed by atoms with Gasteiger partial charge in [-0.1, -0.05) is 30.3 Å². The lowest BCUT2D eigenvalue weighted by molar-refractivity contribution is -0.0255. The molecule has 2 aromatic rings. The molecule has 1 aromatic heterocycles. The molecule has 138 valence electrons. The smallest absolute Gasteiger partial charge is 0.257 e. The van der Waals surface area contributed by atoms with E-state index in [4.69, 9.17) is 4.74 Å². The van der Waals surface area contributed by atoms with Crippen molar-refractivity contribution in [1.29, 1.82) is 0 Å². The molecule has 6 nitrogen and oxygen atoms in total. The van der Waals surface area contributed by atoms with Gasteiger partial charge in [-0.15, -0.1) is 0 Å². The zero-order valence-electron chi connectivity index (χ0n) is 15.2. The van der Waals surface area contributed by atoms with Crippen molar-refractivity contribution in [2.45, 2.75) is 32.3 Å². The fourth-order valence-corrected chi connectivity index (χ4v) is 3.13. The average molecular weight is 354 g/mol. The van der Waals surface area contributed by atoms with Gasteiger partial charge in [0.25, 0.3) is 5.91 Å². The summed E-state index contributed by atoms with van der Waals surface area (Å²) in [6.07, 6.45) is 6.32. The second-order valence-electron chi connectivity index (χ2n) is 6.45. The van der Waals surface area contributed by atoms with Gasteiger partial charge in [-0.05, 0) is 31.7 Å². The van der Waals surface area contributed by atoms with Crippen molar-refractivity contribution in [3.05, 3.63) is 53.9 Å². The molecule has 0 aliphatic carbocycles. The van der Waals surface area contributed by atoms with Crippen LogP contribution in [0.4, 0.5) is 5.95 Å². The zero-order chi connectivity index (χ0) is 18.2. The minimum atomic E-state index is -0.0237. The molecule has 0 spiro atoms. The first-order chi connectivity index (χ1) is 12.8. The number of morpholine rings is 1. The van der Waals surface area contributed by atoms with E-state index >= 15 is 0 Å². The maximum absolute atomic E-state index is 12.7. The highest BCUT2D eigenvalue weighted by Crippen LogP contribution is 2.15. The van der Waals surface area contributed by atoms with Crippen LogP contribution in [-0.4, -0.2) is 53.1 Å². The number of nitrogens with zero attached hydrogens (tertiary/aromatic N) is 3. The molecule has 0 bridgehead atoms. The van der Waals surface area contributed by atoms with Gasteiger partial charge in [0.2, 0.25) is 5.95 Å². The number of amides is 1. The largest absolute Gasteiger partial charge is 0.375 e. The highest BCUT2D eigenvalue weighted by molar-refractivity contribution is 5.93. The fourth-order valence-electron chi connectivity index (χ4n) is 3.13. The molecule has 6 heteroatoms. The Labute approximate surface area is 154 Å². The Balaban J connectivity index is 1.50. The highest BCUT2D eigenvalue weighted by Gasteiger charge is 2.25. The van der Waals surface area contributed by atoms with Crippen LogP contribution in [0.5, 0.6) is 0 Å². The number of anilines is 1. The van der Waals surface area contributed by atoms with Crippen molar-refractivity contribution in [2.75, 3.05) is 31.6 Å². The molecule has 1 saturated heterocycles. The number of aromatic nitrogens is 2. The SMILES string of the molecule is CCNc1ncc(C(=O)N2CCO[C@H](CCCc3ccccc3)C2)cn1. The van der Waals surface area contributed by atoms with Crippen LogP contribution in [0.15, 0.2) is 42.7 Å². The zero-order valence-corrected chi connectivity index (χ0v) is 15.2. The van der Waals surface area contributed by atoms with Crippen LogP contribution in [0.25, 0.3) is 0 Å². The van der Waals surface area contributed by atoms with Gasteiger partial charge in [0.05, 0.1) is 18.3 Å². The van der Waals surface area contributed by atoms with E-state index in [0.717, 1.165) is 25.8 Å². The number of benzene rings is 1. The second-order valence-corrected chi connectivity index (χ2v) is 6.45. The molecule has 2 heterocycles. The van der Waals surface area contributed by atoms with Crippen LogP contribution in [0.2, 0.25) is 0 Å². The predicted octanol–water partition coefficient (Wildman–Crippen LogP) is 2.77. The number of hydrogen-bond acceptors (Lipinski definition) is 5. The lowest BCUT2D eigenvalue weighted by atomic mass is 10.0. The van der Waals surface area contributed by atoms with E-state index in [2.05, 4.69) is 39.6 Å². The first-order valence-corrected chi connectivity index (χ1v) is 9.27. The molecule has 3 rings (SSSR count). The van der Waals surface area contributed by atoms with E-state index < -0.39 is 0 Å². The second kappa shape index (κ2) is 9.29. The van der Waals surface area contributed by atoms with Crippen LogP contribution in [0, 0.1) is 0 Å². The summed E-state index contributed by atoms with van der Waals surface area (Å²) < 4.78 is 5.85. The maximum atomic E-state index is 12.7. The number of rotatable bonds is 7. The summed E-state index contributed by atoms with van der Waals surface area (Å²) in [6, 6.07) is 10.5. The van der Waals surface area contributed by atoms with E-state index in [-0.39, 0.29) is 12.0 Å². The van der Waals surface area contributed by atoms with E-state index in [1.54, 1.807) is 12.4 Å². The molecule has 1 amide bonds. The number of aryl methyl sites for hydroxylation is 1. The van der Waals surface area contributed by atoms with Crippen molar-refractivity contribution in [3.63, 3.8) is 0 Å². The van der Waals surface area contributed by atoms with Gasteiger partial charge in [0, 0.05) is 32.0 Å². The quantitative estimate of drug-likeness (QED) is 0.828. The topological polar surface area (TPSA) is 67.4 Å². The first-order valence-electron chi connectivity index (χ1n) is 9.27. The fraction of sp³-hybridized carbons (Fsp3) is 0.450. The van der Waals surface area contributed by atoms with Crippen molar-refractivity contribution in [2.24, 2.45) is 0 Å². The average Bonchev–Trinajstić information content (AvgIpc) is 2.69. The Kier molecular flexibility index (Phi) is 6.55. The molecule has 0 radical (unpaired) electrons.